The molecule has 6 heteroatoms. The summed E-state index contributed by atoms with van der Waals surface area (Å²) < 4.78 is 19.5. The van der Waals surface area contributed by atoms with Gasteiger partial charge in [0.15, 0.2) is 0 Å². The number of halogens is 2. The number of hydrogen-bond donors (Lipinski definition) is 1. The maximum absolute atomic E-state index is 13.9. The molecule has 0 aliphatic heterocycles. The molecule has 2 aromatic rings. The van der Waals surface area contributed by atoms with Crippen LogP contribution in [0.4, 0.5) is 4.39 Å². The molecule has 0 saturated heterocycles. The molecule has 3 nitrogen and oxygen atoms in total. The van der Waals surface area contributed by atoms with Gasteiger partial charge in [-0.25, -0.2) is 9.37 Å². The number of hydrogen-bond acceptors (Lipinski definition) is 3. The average molecular weight is 299 g/mol. The van der Waals surface area contributed by atoms with Crippen molar-refractivity contribution >= 4 is 23.8 Å². The third kappa shape index (κ3) is 3.59. The molecule has 1 aromatic carbocycles. The molecule has 2 rings (SSSR count). The Morgan fingerprint density at radius 3 is 2.89 bits per heavy atom. The van der Waals surface area contributed by atoms with Crippen LogP contribution in [0.5, 0.6) is 0 Å². The molecule has 0 saturated carbocycles. The second-order valence-corrected chi connectivity index (χ2v) is 4.70. The molecule has 19 heavy (non-hydrogen) atoms. The van der Waals surface area contributed by atoms with Crippen molar-refractivity contribution in [1.82, 2.24) is 9.97 Å². The van der Waals surface area contributed by atoms with Crippen LogP contribution in [0.1, 0.15) is 12.7 Å². The van der Waals surface area contributed by atoms with Crippen LogP contribution in [0.25, 0.3) is 11.3 Å². The third-order valence-electron chi connectivity index (χ3n) is 2.46. The first-order valence-corrected chi connectivity index (χ1v) is 6.52. The Balaban J connectivity index is 2.44. The lowest BCUT2D eigenvalue weighted by Gasteiger charge is -2.07. The fourth-order valence-electron chi connectivity index (χ4n) is 1.63. The van der Waals surface area contributed by atoms with Crippen molar-refractivity contribution in [3.05, 3.63) is 45.6 Å². The third-order valence-corrected chi connectivity index (χ3v) is 2.90. The number of H-pyrrole nitrogens is 1. The van der Waals surface area contributed by atoms with E-state index in [4.69, 9.17) is 28.6 Å². The summed E-state index contributed by atoms with van der Waals surface area (Å²) in [5.74, 6) is 0.158. The molecular formula is C13H12ClFN2OS. The minimum absolute atomic E-state index is 0.309. The Morgan fingerprint density at radius 1 is 1.42 bits per heavy atom. The maximum atomic E-state index is 13.9. The summed E-state index contributed by atoms with van der Waals surface area (Å²) in [4.78, 5) is 7.14. The lowest BCUT2D eigenvalue weighted by Crippen LogP contribution is -2.01. The van der Waals surface area contributed by atoms with E-state index < -0.39 is 5.82 Å². The quantitative estimate of drug-likeness (QED) is 0.862. The summed E-state index contributed by atoms with van der Waals surface area (Å²) in [6.07, 6.45) is 0. The Morgan fingerprint density at radius 2 is 2.21 bits per heavy atom. The number of nitrogens with one attached hydrogen (secondary N) is 1. The van der Waals surface area contributed by atoms with Gasteiger partial charge < -0.3 is 9.72 Å². The van der Waals surface area contributed by atoms with Gasteiger partial charge in [0.25, 0.3) is 0 Å². The van der Waals surface area contributed by atoms with E-state index in [1.807, 2.05) is 6.92 Å². The van der Waals surface area contributed by atoms with Crippen LogP contribution < -0.4 is 0 Å². The first-order valence-electron chi connectivity index (χ1n) is 5.73. The monoisotopic (exact) mass is 298 g/mol. The number of benzene rings is 1. The van der Waals surface area contributed by atoms with Gasteiger partial charge in [0.2, 0.25) is 0 Å². The molecule has 0 unspecified atom stereocenters. The van der Waals surface area contributed by atoms with Crippen molar-refractivity contribution in [2.45, 2.75) is 13.5 Å². The summed E-state index contributed by atoms with van der Waals surface area (Å²) in [5.41, 5.74) is 0.958. The predicted molar refractivity (Wildman–Crippen MR) is 75.2 cm³/mol. The number of aromatic amines is 1. The van der Waals surface area contributed by atoms with Crippen LogP contribution in [0.2, 0.25) is 5.02 Å². The lowest BCUT2D eigenvalue weighted by atomic mass is 10.1. The van der Waals surface area contributed by atoms with E-state index >= 15 is 0 Å². The van der Waals surface area contributed by atoms with Gasteiger partial charge in [-0.1, -0.05) is 23.8 Å². The molecular weight excluding hydrogens is 287 g/mol. The van der Waals surface area contributed by atoms with Gasteiger partial charge in [0.1, 0.15) is 22.9 Å². The molecule has 1 heterocycles. The number of nitrogens with zero attached hydrogens (tertiary/aromatic N) is 1. The Bertz CT molecular complexity index is 645. The zero-order chi connectivity index (χ0) is 13.8. The molecule has 0 atom stereocenters. The fraction of sp³-hybridized carbons (Fsp3) is 0.231. The molecule has 0 spiro atoms. The van der Waals surface area contributed by atoms with E-state index in [2.05, 4.69) is 9.97 Å². The van der Waals surface area contributed by atoms with Gasteiger partial charge in [0.05, 0.1) is 5.69 Å². The van der Waals surface area contributed by atoms with E-state index in [0.717, 1.165) is 0 Å². The first kappa shape index (κ1) is 14.1. The van der Waals surface area contributed by atoms with Crippen molar-refractivity contribution in [2.24, 2.45) is 0 Å². The van der Waals surface area contributed by atoms with Crippen molar-refractivity contribution in [2.75, 3.05) is 6.61 Å². The van der Waals surface area contributed by atoms with Gasteiger partial charge in [-0.15, -0.1) is 0 Å². The highest BCUT2D eigenvalue weighted by molar-refractivity contribution is 7.71. The molecule has 0 aliphatic rings. The Labute approximate surface area is 120 Å². The summed E-state index contributed by atoms with van der Waals surface area (Å²) in [7, 11) is 0. The van der Waals surface area contributed by atoms with Gasteiger partial charge in [-0.05, 0) is 31.2 Å². The second-order valence-electron chi connectivity index (χ2n) is 3.84. The van der Waals surface area contributed by atoms with Crippen LogP contribution >= 0.6 is 23.8 Å². The summed E-state index contributed by atoms with van der Waals surface area (Å²) >= 11 is 10.8. The molecule has 0 aliphatic carbocycles. The van der Waals surface area contributed by atoms with Crippen molar-refractivity contribution < 1.29 is 9.13 Å². The molecule has 0 bridgehead atoms. The van der Waals surface area contributed by atoms with Crippen LogP contribution in [-0.2, 0) is 11.3 Å². The van der Waals surface area contributed by atoms with E-state index in [0.29, 0.717) is 40.0 Å². The summed E-state index contributed by atoms with van der Waals surface area (Å²) in [6.45, 7) is 2.77. The number of ether oxygens (including phenoxy) is 1. The highest BCUT2D eigenvalue weighted by atomic mass is 35.5. The minimum atomic E-state index is -0.410. The molecule has 0 radical (unpaired) electrons. The summed E-state index contributed by atoms with van der Waals surface area (Å²) in [6, 6.07) is 6.09. The van der Waals surface area contributed by atoms with Crippen LogP contribution in [0.3, 0.4) is 0 Å². The standard InChI is InChI=1S/C13H12ClFN2OS/c1-2-18-7-12-16-11(6-13(19)17-12)9-4-3-8(14)5-10(9)15/h3-6H,2,7H2,1H3,(H,16,17,19). The van der Waals surface area contributed by atoms with Gasteiger partial charge >= 0.3 is 0 Å². The number of rotatable bonds is 4. The Kier molecular flexibility index (Phi) is 4.63. The number of aromatic nitrogens is 2. The first-order chi connectivity index (χ1) is 9.10. The second kappa shape index (κ2) is 6.23. The SMILES string of the molecule is CCOCc1nc(=S)cc(-c2ccc(Cl)cc2F)[nH]1. The lowest BCUT2D eigenvalue weighted by molar-refractivity contribution is 0.128. The van der Waals surface area contributed by atoms with Crippen LogP contribution in [0.15, 0.2) is 24.3 Å². The van der Waals surface area contributed by atoms with E-state index in [9.17, 15) is 4.39 Å². The Hall–Kier alpha value is -1.30. The molecule has 100 valence electrons. The molecule has 0 fully saturated rings. The van der Waals surface area contributed by atoms with E-state index in [-0.39, 0.29) is 0 Å². The predicted octanol–water partition coefficient (Wildman–Crippen LogP) is 4.14. The maximum Gasteiger partial charge on any atom is 0.134 e. The molecule has 1 aromatic heterocycles. The van der Waals surface area contributed by atoms with E-state index in [1.54, 1.807) is 18.2 Å². The highest BCUT2D eigenvalue weighted by Crippen LogP contribution is 2.23. The minimum Gasteiger partial charge on any atom is -0.374 e. The largest absolute Gasteiger partial charge is 0.374 e. The zero-order valence-corrected chi connectivity index (χ0v) is 11.8. The van der Waals surface area contributed by atoms with Crippen LogP contribution in [-0.4, -0.2) is 16.6 Å². The van der Waals surface area contributed by atoms with Gasteiger partial charge in [-0.2, -0.15) is 0 Å². The molecule has 1 N–H and O–H groups in total. The van der Waals surface area contributed by atoms with Crippen molar-refractivity contribution in [1.29, 1.82) is 0 Å². The topological polar surface area (TPSA) is 37.9 Å². The normalized spacial score (nSPS) is 10.7. The molecule has 0 amide bonds. The van der Waals surface area contributed by atoms with Gasteiger partial charge in [-0.3, -0.25) is 0 Å². The van der Waals surface area contributed by atoms with Gasteiger partial charge in [0, 0.05) is 17.2 Å². The smallest absolute Gasteiger partial charge is 0.134 e. The zero-order valence-electron chi connectivity index (χ0n) is 10.2. The highest BCUT2D eigenvalue weighted by Gasteiger charge is 2.08. The summed E-state index contributed by atoms with van der Waals surface area (Å²) in [5, 5.41) is 0.350. The van der Waals surface area contributed by atoms with E-state index in [1.165, 1.54) is 6.07 Å². The van der Waals surface area contributed by atoms with Crippen LogP contribution in [0, 0.1) is 10.5 Å². The van der Waals surface area contributed by atoms with Crippen molar-refractivity contribution in [3.63, 3.8) is 0 Å². The van der Waals surface area contributed by atoms with Crippen molar-refractivity contribution in [3.8, 4) is 11.3 Å². The fourth-order valence-corrected chi connectivity index (χ4v) is 2.02. The average Bonchev–Trinajstić information content (AvgIpc) is 2.35.